The first-order chi connectivity index (χ1) is 7.95. The van der Waals surface area contributed by atoms with Gasteiger partial charge in [0.05, 0.1) is 6.61 Å². The van der Waals surface area contributed by atoms with E-state index in [4.69, 9.17) is 4.74 Å². The van der Waals surface area contributed by atoms with Gasteiger partial charge in [-0.3, -0.25) is 0 Å². The number of halogens is 2. The molecule has 0 amide bonds. The van der Waals surface area contributed by atoms with Crippen molar-refractivity contribution in [3.8, 4) is 0 Å². The third-order valence-corrected chi connectivity index (χ3v) is 1.84. The lowest BCUT2D eigenvalue weighted by molar-refractivity contribution is 0.126. The van der Waals surface area contributed by atoms with Gasteiger partial charge < -0.3 is 4.74 Å². The molecule has 0 fully saturated rings. The fraction of sp³-hybridized carbons (Fsp3) is 0.571. The van der Waals surface area contributed by atoms with Crippen molar-refractivity contribution in [2.24, 2.45) is 5.92 Å². The van der Waals surface area contributed by atoms with Crippen molar-refractivity contribution in [3.05, 3.63) is 36.5 Å². The van der Waals surface area contributed by atoms with Crippen LogP contribution in [0, 0.1) is 5.92 Å². The highest BCUT2D eigenvalue weighted by Crippen LogP contribution is 2.23. The van der Waals surface area contributed by atoms with E-state index in [2.05, 4.69) is 27.0 Å². The minimum Gasteiger partial charge on any atom is -0.381 e. The summed E-state index contributed by atoms with van der Waals surface area (Å²) >= 11 is 0. The topological polar surface area (TPSA) is 9.23 Å². The molecule has 0 aromatic carbocycles. The number of ether oxygens (including phenoxy) is 1. The van der Waals surface area contributed by atoms with E-state index in [1.807, 2.05) is 6.92 Å². The fourth-order valence-corrected chi connectivity index (χ4v) is 0.855. The van der Waals surface area contributed by atoms with Gasteiger partial charge in [0.2, 0.25) is 0 Å². The Kier molecular flexibility index (Phi) is 12.5. The maximum atomic E-state index is 13.1. The average Bonchev–Trinajstić information content (AvgIpc) is 2.33. The highest BCUT2D eigenvalue weighted by Gasteiger charge is 2.14. The zero-order valence-corrected chi connectivity index (χ0v) is 11.4. The standard InChI is InChI=1S/C11H16F2O.C3H8/c1-5-10(12)11(13)9(4)8(3)7-14-6-2;1-3-2/h5,8H,1,4,6-7H2,2-3H3;3H2,1-2H3/b11-10-;. The van der Waals surface area contributed by atoms with Gasteiger partial charge in [-0.05, 0) is 18.6 Å². The van der Waals surface area contributed by atoms with Crippen molar-refractivity contribution in [2.45, 2.75) is 34.1 Å². The Balaban J connectivity index is 0. The van der Waals surface area contributed by atoms with Crippen molar-refractivity contribution >= 4 is 0 Å². The summed E-state index contributed by atoms with van der Waals surface area (Å²) in [5, 5.41) is 0. The zero-order chi connectivity index (χ0) is 13.8. The number of allylic oxidation sites excluding steroid dienone is 3. The van der Waals surface area contributed by atoms with Crippen LogP contribution in [0.25, 0.3) is 0 Å². The minimum atomic E-state index is -0.974. The van der Waals surface area contributed by atoms with Crippen LogP contribution >= 0.6 is 0 Å². The predicted octanol–water partition coefficient (Wildman–Crippen LogP) is 4.97. The molecule has 0 aliphatic carbocycles. The van der Waals surface area contributed by atoms with Gasteiger partial charge in [0.25, 0.3) is 0 Å². The van der Waals surface area contributed by atoms with Crippen LogP contribution in [0.3, 0.4) is 0 Å². The maximum Gasteiger partial charge on any atom is 0.161 e. The largest absolute Gasteiger partial charge is 0.381 e. The second kappa shape index (κ2) is 11.5. The Morgan fingerprint density at radius 2 is 1.76 bits per heavy atom. The third-order valence-electron chi connectivity index (χ3n) is 1.84. The molecular weight excluding hydrogens is 222 g/mol. The van der Waals surface area contributed by atoms with Gasteiger partial charge in [-0.25, -0.2) is 8.78 Å². The smallest absolute Gasteiger partial charge is 0.161 e. The van der Waals surface area contributed by atoms with Crippen LogP contribution in [0.1, 0.15) is 34.1 Å². The van der Waals surface area contributed by atoms with Crippen LogP contribution in [0.2, 0.25) is 0 Å². The molecule has 0 aliphatic heterocycles. The van der Waals surface area contributed by atoms with E-state index in [1.165, 1.54) is 6.42 Å². The zero-order valence-electron chi connectivity index (χ0n) is 11.4. The molecule has 0 heterocycles. The third kappa shape index (κ3) is 8.81. The van der Waals surface area contributed by atoms with Crippen molar-refractivity contribution in [3.63, 3.8) is 0 Å². The molecular formula is C14H24F2O. The fourth-order valence-electron chi connectivity index (χ4n) is 0.855. The number of hydrogen-bond acceptors (Lipinski definition) is 1. The SMILES string of the molecule is C=C/C(F)=C(/F)C(=C)C(C)COCC.CCC. The monoisotopic (exact) mass is 246 g/mol. The molecule has 0 N–H and O–H groups in total. The summed E-state index contributed by atoms with van der Waals surface area (Å²) in [5.41, 5.74) is 0.107. The molecule has 0 rings (SSSR count). The van der Waals surface area contributed by atoms with E-state index in [-0.39, 0.29) is 11.5 Å². The van der Waals surface area contributed by atoms with E-state index in [0.29, 0.717) is 13.2 Å². The lowest BCUT2D eigenvalue weighted by Gasteiger charge is -2.12. The van der Waals surface area contributed by atoms with Gasteiger partial charge in [-0.15, -0.1) is 0 Å². The minimum absolute atomic E-state index is 0.107. The quantitative estimate of drug-likeness (QED) is 0.601. The Morgan fingerprint density at radius 1 is 1.29 bits per heavy atom. The lowest BCUT2D eigenvalue weighted by Crippen LogP contribution is -2.08. The molecule has 1 unspecified atom stereocenters. The van der Waals surface area contributed by atoms with Crippen LogP contribution in [0.5, 0.6) is 0 Å². The number of rotatable bonds is 6. The van der Waals surface area contributed by atoms with E-state index in [9.17, 15) is 8.78 Å². The van der Waals surface area contributed by atoms with Gasteiger partial charge >= 0.3 is 0 Å². The van der Waals surface area contributed by atoms with Crippen LogP contribution in [-0.4, -0.2) is 13.2 Å². The number of hydrogen-bond donors (Lipinski definition) is 0. The Hall–Kier alpha value is -0.960. The van der Waals surface area contributed by atoms with Crippen molar-refractivity contribution in [1.82, 2.24) is 0 Å². The van der Waals surface area contributed by atoms with E-state index >= 15 is 0 Å². The molecule has 100 valence electrons. The normalized spacial score (nSPS) is 13.1. The predicted molar refractivity (Wildman–Crippen MR) is 70.2 cm³/mol. The van der Waals surface area contributed by atoms with Crippen LogP contribution < -0.4 is 0 Å². The highest BCUT2D eigenvalue weighted by molar-refractivity contribution is 5.30. The summed E-state index contributed by atoms with van der Waals surface area (Å²) in [6.07, 6.45) is 2.08. The molecule has 1 nitrogen and oxygen atoms in total. The summed E-state index contributed by atoms with van der Waals surface area (Å²) in [7, 11) is 0. The van der Waals surface area contributed by atoms with Gasteiger partial charge in [0.15, 0.2) is 11.7 Å². The molecule has 0 spiro atoms. The van der Waals surface area contributed by atoms with Gasteiger partial charge in [-0.2, -0.15) is 0 Å². The average molecular weight is 246 g/mol. The molecule has 0 radical (unpaired) electrons. The summed E-state index contributed by atoms with van der Waals surface area (Å²) in [6, 6.07) is 0. The molecule has 1 atom stereocenters. The Morgan fingerprint density at radius 3 is 2.12 bits per heavy atom. The second-order valence-corrected chi connectivity index (χ2v) is 3.66. The lowest BCUT2D eigenvalue weighted by atomic mass is 10.0. The maximum absolute atomic E-state index is 13.1. The molecule has 0 saturated carbocycles. The summed E-state index contributed by atoms with van der Waals surface area (Å²) in [4.78, 5) is 0. The van der Waals surface area contributed by atoms with Gasteiger partial charge in [0.1, 0.15) is 0 Å². The van der Waals surface area contributed by atoms with Gasteiger partial charge in [0, 0.05) is 12.5 Å². The first kappa shape index (κ1) is 18.4. The van der Waals surface area contributed by atoms with E-state index in [1.54, 1.807) is 6.92 Å². The first-order valence-electron chi connectivity index (χ1n) is 5.90. The van der Waals surface area contributed by atoms with Crippen LogP contribution in [0.4, 0.5) is 8.78 Å². The van der Waals surface area contributed by atoms with Gasteiger partial charge in [-0.1, -0.05) is 40.3 Å². The molecule has 3 heteroatoms. The van der Waals surface area contributed by atoms with Crippen molar-refractivity contribution in [1.29, 1.82) is 0 Å². The molecule has 0 aliphatic rings. The van der Waals surface area contributed by atoms with Crippen molar-refractivity contribution < 1.29 is 13.5 Å². The Labute approximate surface area is 104 Å². The molecule has 0 aromatic heterocycles. The van der Waals surface area contributed by atoms with Crippen LogP contribution in [-0.2, 0) is 4.74 Å². The molecule has 0 bridgehead atoms. The Bertz CT molecular complexity index is 257. The van der Waals surface area contributed by atoms with Crippen molar-refractivity contribution in [2.75, 3.05) is 13.2 Å². The molecule has 0 saturated heterocycles. The summed E-state index contributed by atoms with van der Waals surface area (Å²) in [5.74, 6) is -2.15. The highest BCUT2D eigenvalue weighted by atomic mass is 19.2. The van der Waals surface area contributed by atoms with Crippen LogP contribution in [0.15, 0.2) is 36.5 Å². The summed E-state index contributed by atoms with van der Waals surface area (Å²) in [6.45, 7) is 15.3. The summed E-state index contributed by atoms with van der Waals surface area (Å²) < 4.78 is 31.0. The van der Waals surface area contributed by atoms with E-state index < -0.39 is 11.7 Å². The van der Waals surface area contributed by atoms with E-state index in [0.717, 1.165) is 6.08 Å². The molecule has 17 heavy (non-hydrogen) atoms. The second-order valence-electron chi connectivity index (χ2n) is 3.66. The molecule has 0 aromatic rings. The first-order valence-corrected chi connectivity index (χ1v) is 5.90.